The molecule has 110 valence electrons. The molecule has 2 rings (SSSR count). The molecule has 0 aromatic heterocycles. The van der Waals surface area contributed by atoms with Gasteiger partial charge in [0.2, 0.25) is 0 Å². The molecular weight excluding hydrogens is 260 g/mol. The zero-order valence-electron chi connectivity index (χ0n) is 12.5. The molecule has 3 nitrogen and oxygen atoms in total. The Morgan fingerprint density at radius 3 is 2.10 bits per heavy atom. The SMILES string of the molecule is CC(C)C(CNC(=O)c1ccccc1)Nc1ccccc1. The molecule has 0 fully saturated rings. The highest BCUT2D eigenvalue weighted by Crippen LogP contribution is 2.12. The number of carbonyl (C=O) groups excluding carboxylic acids is 1. The standard InChI is InChI=1S/C18H22N2O/c1-14(2)17(20-16-11-7-4-8-12-16)13-19-18(21)15-9-5-3-6-10-15/h3-12,14,17,20H,13H2,1-2H3,(H,19,21). The third-order valence-corrected chi connectivity index (χ3v) is 3.45. The van der Waals surface area contributed by atoms with Crippen molar-refractivity contribution in [2.45, 2.75) is 19.9 Å². The Labute approximate surface area is 126 Å². The van der Waals surface area contributed by atoms with Gasteiger partial charge in [-0.25, -0.2) is 0 Å². The topological polar surface area (TPSA) is 41.1 Å². The van der Waals surface area contributed by atoms with Crippen LogP contribution in [0.15, 0.2) is 60.7 Å². The summed E-state index contributed by atoms with van der Waals surface area (Å²) in [6.07, 6.45) is 0. The second-order valence-electron chi connectivity index (χ2n) is 5.44. The minimum absolute atomic E-state index is 0.0314. The molecule has 0 heterocycles. The Morgan fingerprint density at radius 1 is 0.952 bits per heavy atom. The molecule has 0 aliphatic rings. The van der Waals surface area contributed by atoms with Crippen molar-refractivity contribution in [2.75, 3.05) is 11.9 Å². The predicted molar refractivity (Wildman–Crippen MR) is 87.5 cm³/mol. The number of hydrogen-bond donors (Lipinski definition) is 2. The van der Waals surface area contributed by atoms with Crippen molar-refractivity contribution >= 4 is 11.6 Å². The van der Waals surface area contributed by atoms with Crippen LogP contribution in [-0.2, 0) is 0 Å². The lowest BCUT2D eigenvalue weighted by Gasteiger charge is -2.24. The lowest BCUT2D eigenvalue weighted by molar-refractivity contribution is 0.0950. The molecule has 1 unspecified atom stereocenters. The average Bonchev–Trinajstić information content (AvgIpc) is 2.52. The van der Waals surface area contributed by atoms with Crippen LogP contribution in [0.25, 0.3) is 0 Å². The number of rotatable bonds is 6. The highest BCUT2D eigenvalue weighted by molar-refractivity contribution is 5.94. The Bertz CT molecular complexity index is 552. The number of amides is 1. The molecule has 2 aromatic rings. The first kappa shape index (κ1) is 15.1. The predicted octanol–water partition coefficient (Wildman–Crippen LogP) is 3.55. The lowest BCUT2D eigenvalue weighted by Crippen LogP contribution is -2.39. The average molecular weight is 282 g/mol. The van der Waals surface area contributed by atoms with Gasteiger partial charge in [-0.15, -0.1) is 0 Å². The maximum atomic E-state index is 12.1. The maximum Gasteiger partial charge on any atom is 0.251 e. The van der Waals surface area contributed by atoms with Crippen LogP contribution in [0, 0.1) is 5.92 Å². The fourth-order valence-electron chi connectivity index (χ4n) is 2.10. The van der Waals surface area contributed by atoms with E-state index in [1.54, 1.807) is 0 Å². The molecule has 0 radical (unpaired) electrons. The van der Waals surface area contributed by atoms with Crippen LogP contribution >= 0.6 is 0 Å². The van der Waals surface area contributed by atoms with Crippen LogP contribution in [-0.4, -0.2) is 18.5 Å². The van der Waals surface area contributed by atoms with Crippen molar-refractivity contribution in [1.82, 2.24) is 5.32 Å². The summed E-state index contributed by atoms with van der Waals surface area (Å²) in [5.41, 5.74) is 1.77. The van der Waals surface area contributed by atoms with Crippen molar-refractivity contribution in [2.24, 2.45) is 5.92 Å². The molecule has 1 amide bonds. The Morgan fingerprint density at radius 2 is 1.52 bits per heavy atom. The molecule has 0 saturated carbocycles. The smallest absolute Gasteiger partial charge is 0.251 e. The molecule has 0 spiro atoms. The second-order valence-corrected chi connectivity index (χ2v) is 5.44. The maximum absolute atomic E-state index is 12.1. The number of carbonyl (C=O) groups is 1. The van der Waals surface area contributed by atoms with Gasteiger partial charge in [-0.3, -0.25) is 4.79 Å². The van der Waals surface area contributed by atoms with Crippen LogP contribution in [0.5, 0.6) is 0 Å². The van der Waals surface area contributed by atoms with E-state index in [1.165, 1.54) is 0 Å². The van der Waals surface area contributed by atoms with Gasteiger partial charge in [-0.1, -0.05) is 50.2 Å². The summed E-state index contributed by atoms with van der Waals surface area (Å²) in [5, 5.41) is 6.47. The molecule has 1 atom stereocenters. The first-order chi connectivity index (χ1) is 10.2. The zero-order valence-corrected chi connectivity index (χ0v) is 12.5. The highest BCUT2D eigenvalue weighted by Gasteiger charge is 2.14. The number of nitrogens with one attached hydrogen (secondary N) is 2. The molecule has 0 aliphatic heterocycles. The Hall–Kier alpha value is -2.29. The summed E-state index contributed by atoms with van der Waals surface area (Å²) in [6, 6.07) is 19.6. The largest absolute Gasteiger partial charge is 0.380 e. The van der Waals surface area contributed by atoms with E-state index in [-0.39, 0.29) is 11.9 Å². The normalized spacial score (nSPS) is 12.0. The monoisotopic (exact) mass is 282 g/mol. The fourth-order valence-corrected chi connectivity index (χ4v) is 2.10. The molecular formula is C18H22N2O. The fraction of sp³-hybridized carbons (Fsp3) is 0.278. The Kier molecular flexibility index (Phi) is 5.38. The van der Waals surface area contributed by atoms with Gasteiger partial charge in [-0.2, -0.15) is 0 Å². The number of para-hydroxylation sites is 1. The van der Waals surface area contributed by atoms with Crippen molar-refractivity contribution < 1.29 is 4.79 Å². The number of anilines is 1. The summed E-state index contributed by atoms with van der Waals surface area (Å²) in [7, 11) is 0. The first-order valence-corrected chi connectivity index (χ1v) is 7.31. The summed E-state index contributed by atoms with van der Waals surface area (Å²) >= 11 is 0. The van der Waals surface area contributed by atoms with Gasteiger partial charge in [0.1, 0.15) is 0 Å². The lowest BCUT2D eigenvalue weighted by atomic mass is 10.0. The van der Waals surface area contributed by atoms with Crippen molar-refractivity contribution in [3.8, 4) is 0 Å². The van der Waals surface area contributed by atoms with E-state index in [0.29, 0.717) is 18.0 Å². The summed E-state index contributed by atoms with van der Waals surface area (Å²) in [4.78, 5) is 12.1. The number of benzene rings is 2. The van der Waals surface area contributed by atoms with E-state index < -0.39 is 0 Å². The van der Waals surface area contributed by atoms with Gasteiger partial charge in [0.25, 0.3) is 5.91 Å². The van der Waals surface area contributed by atoms with Crippen molar-refractivity contribution in [3.05, 3.63) is 66.2 Å². The third-order valence-electron chi connectivity index (χ3n) is 3.45. The van der Waals surface area contributed by atoms with Crippen LogP contribution < -0.4 is 10.6 Å². The quantitative estimate of drug-likeness (QED) is 0.850. The molecule has 0 saturated heterocycles. The third kappa shape index (κ3) is 4.63. The van der Waals surface area contributed by atoms with Crippen LogP contribution in [0.4, 0.5) is 5.69 Å². The number of hydrogen-bond acceptors (Lipinski definition) is 2. The van der Waals surface area contributed by atoms with E-state index in [9.17, 15) is 4.79 Å². The van der Waals surface area contributed by atoms with Gasteiger partial charge in [0.15, 0.2) is 0 Å². The molecule has 0 aliphatic carbocycles. The van der Waals surface area contributed by atoms with Gasteiger partial charge in [-0.05, 0) is 30.2 Å². The van der Waals surface area contributed by atoms with Crippen LogP contribution in [0.1, 0.15) is 24.2 Å². The first-order valence-electron chi connectivity index (χ1n) is 7.31. The Balaban J connectivity index is 1.93. The molecule has 0 bridgehead atoms. The van der Waals surface area contributed by atoms with Crippen LogP contribution in [0.3, 0.4) is 0 Å². The van der Waals surface area contributed by atoms with E-state index >= 15 is 0 Å². The molecule has 2 aromatic carbocycles. The van der Waals surface area contributed by atoms with E-state index in [0.717, 1.165) is 5.69 Å². The van der Waals surface area contributed by atoms with E-state index in [1.807, 2.05) is 60.7 Å². The van der Waals surface area contributed by atoms with Gasteiger partial charge < -0.3 is 10.6 Å². The summed E-state index contributed by atoms with van der Waals surface area (Å²) < 4.78 is 0. The van der Waals surface area contributed by atoms with E-state index in [2.05, 4.69) is 24.5 Å². The molecule has 3 heteroatoms. The van der Waals surface area contributed by atoms with Gasteiger partial charge in [0, 0.05) is 23.8 Å². The summed E-state index contributed by atoms with van der Waals surface area (Å²) in [6.45, 7) is 4.89. The van der Waals surface area contributed by atoms with Crippen LogP contribution in [0.2, 0.25) is 0 Å². The van der Waals surface area contributed by atoms with Gasteiger partial charge >= 0.3 is 0 Å². The van der Waals surface area contributed by atoms with Crippen molar-refractivity contribution in [1.29, 1.82) is 0 Å². The van der Waals surface area contributed by atoms with E-state index in [4.69, 9.17) is 0 Å². The van der Waals surface area contributed by atoms with Crippen molar-refractivity contribution in [3.63, 3.8) is 0 Å². The molecule has 2 N–H and O–H groups in total. The molecule has 21 heavy (non-hydrogen) atoms. The minimum atomic E-state index is -0.0314. The minimum Gasteiger partial charge on any atom is -0.380 e. The highest BCUT2D eigenvalue weighted by atomic mass is 16.1. The van der Waals surface area contributed by atoms with Gasteiger partial charge in [0.05, 0.1) is 0 Å². The zero-order chi connectivity index (χ0) is 15.1. The summed E-state index contributed by atoms with van der Waals surface area (Å²) in [5.74, 6) is 0.386. The second kappa shape index (κ2) is 7.48.